The van der Waals surface area contributed by atoms with E-state index in [1.54, 1.807) is 6.92 Å². The topological polar surface area (TPSA) is 34.9 Å². The first-order valence-corrected chi connectivity index (χ1v) is 8.13. The summed E-state index contributed by atoms with van der Waals surface area (Å²) >= 11 is 6.13. The van der Waals surface area contributed by atoms with Crippen LogP contribution < -0.4 is 5.56 Å². The number of hydrogen-bond acceptors (Lipinski definition) is 2. The lowest BCUT2D eigenvalue weighted by Gasteiger charge is -2.13. The lowest BCUT2D eigenvalue weighted by Crippen LogP contribution is -2.26. The predicted octanol–water partition coefficient (Wildman–Crippen LogP) is 4.94. The van der Waals surface area contributed by atoms with E-state index in [4.69, 9.17) is 11.6 Å². The number of aromatic nitrogens is 2. The molecule has 0 N–H and O–H groups in total. The molecule has 26 heavy (non-hydrogen) atoms. The smallest absolute Gasteiger partial charge is 0.292 e. The Balaban J connectivity index is 2.08. The average Bonchev–Trinajstić information content (AvgIpc) is 2.59. The molecule has 3 aromatic rings. The number of alkyl halides is 3. The summed E-state index contributed by atoms with van der Waals surface area (Å²) in [6, 6.07) is 13.6. The lowest BCUT2D eigenvalue weighted by molar-refractivity contribution is -0.137. The Labute approximate surface area is 152 Å². The van der Waals surface area contributed by atoms with Gasteiger partial charge < -0.3 is 0 Å². The van der Waals surface area contributed by atoms with Crippen molar-refractivity contribution >= 4 is 11.6 Å². The van der Waals surface area contributed by atoms with Gasteiger partial charge in [-0.3, -0.25) is 9.36 Å². The van der Waals surface area contributed by atoms with Gasteiger partial charge in [-0.2, -0.15) is 13.2 Å². The number of benzene rings is 2. The van der Waals surface area contributed by atoms with Gasteiger partial charge in [-0.1, -0.05) is 54.1 Å². The van der Waals surface area contributed by atoms with E-state index < -0.39 is 17.3 Å². The van der Waals surface area contributed by atoms with Crippen LogP contribution in [-0.2, 0) is 12.7 Å². The van der Waals surface area contributed by atoms with Crippen LogP contribution in [-0.4, -0.2) is 9.55 Å². The summed E-state index contributed by atoms with van der Waals surface area (Å²) in [4.78, 5) is 17.1. The minimum Gasteiger partial charge on any atom is -0.292 e. The van der Waals surface area contributed by atoms with Crippen molar-refractivity contribution < 1.29 is 13.2 Å². The molecule has 0 aliphatic carbocycles. The van der Waals surface area contributed by atoms with Crippen molar-refractivity contribution in [2.75, 3.05) is 0 Å². The van der Waals surface area contributed by atoms with Gasteiger partial charge in [-0.05, 0) is 30.2 Å². The fraction of sp³-hybridized carbons (Fsp3) is 0.158. The van der Waals surface area contributed by atoms with Gasteiger partial charge in [0.25, 0.3) is 5.56 Å². The van der Waals surface area contributed by atoms with Crippen molar-refractivity contribution in [2.24, 2.45) is 0 Å². The Morgan fingerprint density at radius 3 is 2.23 bits per heavy atom. The summed E-state index contributed by atoms with van der Waals surface area (Å²) in [6.07, 6.45) is -4.44. The van der Waals surface area contributed by atoms with E-state index in [9.17, 15) is 18.0 Å². The molecule has 0 fully saturated rings. The molecule has 134 valence electrons. The first-order chi connectivity index (χ1) is 12.3. The van der Waals surface area contributed by atoms with Crippen molar-refractivity contribution in [2.45, 2.75) is 19.6 Å². The van der Waals surface area contributed by atoms with Gasteiger partial charge in [0.05, 0.1) is 17.7 Å². The second kappa shape index (κ2) is 6.96. The van der Waals surface area contributed by atoms with Crippen LogP contribution in [0, 0.1) is 6.92 Å². The van der Waals surface area contributed by atoms with Crippen molar-refractivity contribution in [3.05, 3.63) is 87.1 Å². The summed E-state index contributed by atoms with van der Waals surface area (Å²) in [6.45, 7) is 1.95. The van der Waals surface area contributed by atoms with Crippen LogP contribution >= 0.6 is 11.6 Å². The third-order valence-electron chi connectivity index (χ3n) is 4.00. The maximum atomic E-state index is 12.9. The van der Waals surface area contributed by atoms with E-state index in [2.05, 4.69) is 4.98 Å². The zero-order valence-corrected chi connectivity index (χ0v) is 14.5. The Morgan fingerprint density at radius 1 is 1.04 bits per heavy atom. The lowest BCUT2D eigenvalue weighted by atomic mass is 10.1. The van der Waals surface area contributed by atoms with E-state index in [0.29, 0.717) is 17.9 Å². The van der Waals surface area contributed by atoms with Gasteiger partial charge in [0.2, 0.25) is 0 Å². The van der Waals surface area contributed by atoms with Crippen LogP contribution in [0.2, 0.25) is 5.15 Å². The van der Waals surface area contributed by atoms with Gasteiger partial charge >= 0.3 is 6.18 Å². The van der Waals surface area contributed by atoms with E-state index in [1.807, 2.05) is 30.3 Å². The molecular formula is C19H14ClF3N2O. The molecule has 0 saturated carbocycles. The molecule has 7 heteroatoms. The van der Waals surface area contributed by atoms with Crippen LogP contribution in [0.5, 0.6) is 0 Å². The molecule has 3 rings (SSSR count). The van der Waals surface area contributed by atoms with Crippen molar-refractivity contribution in [3.63, 3.8) is 0 Å². The highest BCUT2D eigenvalue weighted by atomic mass is 35.5. The van der Waals surface area contributed by atoms with Crippen LogP contribution in [0.4, 0.5) is 13.2 Å². The van der Waals surface area contributed by atoms with E-state index in [1.165, 1.54) is 16.7 Å². The van der Waals surface area contributed by atoms with Gasteiger partial charge in [0.1, 0.15) is 11.0 Å². The number of rotatable bonds is 3. The summed E-state index contributed by atoms with van der Waals surface area (Å²) in [5.41, 5.74) is 0.0950. The zero-order chi connectivity index (χ0) is 18.9. The fourth-order valence-electron chi connectivity index (χ4n) is 2.65. The van der Waals surface area contributed by atoms with Crippen LogP contribution in [0.1, 0.15) is 17.0 Å². The number of aryl methyl sites for hydroxylation is 1. The maximum absolute atomic E-state index is 12.9. The van der Waals surface area contributed by atoms with Gasteiger partial charge in [0.15, 0.2) is 0 Å². The van der Waals surface area contributed by atoms with Gasteiger partial charge in [0, 0.05) is 0 Å². The van der Waals surface area contributed by atoms with Crippen LogP contribution in [0.25, 0.3) is 11.1 Å². The van der Waals surface area contributed by atoms with Crippen LogP contribution in [0.15, 0.2) is 59.4 Å². The molecule has 1 heterocycles. The SMILES string of the molecule is Cc1nc(Cl)c(-c2ccc(C(F)(F)F)cc2)c(=O)n1Cc1ccccc1. The minimum absolute atomic E-state index is 0.0310. The Bertz CT molecular complexity index is 981. The Morgan fingerprint density at radius 2 is 1.65 bits per heavy atom. The molecule has 0 radical (unpaired) electrons. The number of nitrogens with zero attached hydrogens (tertiary/aromatic N) is 2. The second-order valence-electron chi connectivity index (χ2n) is 5.78. The van der Waals surface area contributed by atoms with E-state index >= 15 is 0 Å². The number of hydrogen-bond donors (Lipinski definition) is 0. The number of halogens is 4. The molecule has 0 amide bonds. The van der Waals surface area contributed by atoms with Crippen molar-refractivity contribution in [1.29, 1.82) is 0 Å². The molecule has 0 saturated heterocycles. The highest BCUT2D eigenvalue weighted by Gasteiger charge is 2.30. The summed E-state index contributed by atoms with van der Waals surface area (Å²) in [5.74, 6) is 0.430. The Hall–Kier alpha value is -2.60. The monoisotopic (exact) mass is 378 g/mol. The average molecular weight is 379 g/mol. The molecule has 0 aliphatic rings. The Kier molecular flexibility index (Phi) is 4.87. The standard InChI is InChI=1S/C19H14ClF3N2O/c1-12-24-17(20)16(14-7-9-15(10-8-14)19(21,22)23)18(26)25(12)11-13-5-3-2-4-6-13/h2-10H,11H2,1H3. The third-order valence-corrected chi connectivity index (χ3v) is 4.27. The summed E-state index contributed by atoms with van der Waals surface area (Å²) in [5, 5.41) is -0.0310. The molecule has 0 aliphatic heterocycles. The first-order valence-electron chi connectivity index (χ1n) is 7.76. The van der Waals surface area contributed by atoms with Crippen LogP contribution in [0.3, 0.4) is 0 Å². The van der Waals surface area contributed by atoms with Gasteiger partial charge in [-0.25, -0.2) is 4.98 Å². The van der Waals surface area contributed by atoms with E-state index in [-0.39, 0.29) is 10.7 Å². The predicted molar refractivity (Wildman–Crippen MR) is 94.2 cm³/mol. The molecular weight excluding hydrogens is 365 g/mol. The van der Waals surface area contributed by atoms with E-state index in [0.717, 1.165) is 17.7 Å². The molecule has 1 aromatic heterocycles. The fourth-order valence-corrected chi connectivity index (χ4v) is 2.96. The molecule has 0 spiro atoms. The third kappa shape index (κ3) is 3.65. The summed E-state index contributed by atoms with van der Waals surface area (Å²) < 4.78 is 39.7. The molecule has 2 aromatic carbocycles. The molecule has 3 nitrogen and oxygen atoms in total. The van der Waals surface area contributed by atoms with Crippen molar-refractivity contribution in [3.8, 4) is 11.1 Å². The highest BCUT2D eigenvalue weighted by Crippen LogP contribution is 2.31. The zero-order valence-electron chi connectivity index (χ0n) is 13.7. The normalized spacial score (nSPS) is 11.6. The van der Waals surface area contributed by atoms with Crippen molar-refractivity contribution in [1.82, 2.24) is 9.55 Å². The largest absolute Gasteiger partial charge is 0.416 e. The first kappa shape index (κ1) is 18.2. The quantitative estimate of drug-likeness (QED) is 0.605. The molecule has 0 bridgehead atoms. The second-order valence-corrected chi connectivity index (χ2v) is 6.13. The van der Waals surface area contributed by atoms with Gasteiger partial charge in [-0.15, -0.1) is 0 Å². The molecule has 0 atom stereocenters. The molecule has 0 unspecified atom stereocenters. The maximum Gasteiger partial charge on any atom is 0.416 e. The summed E-state index contributed by atoms with van der Waals surface area (Å²) in [7, 11) is 0. The highest BCUT2D eigenvalue weighted by molar-refractivity contribution is 6.32. The minimum atomic E-state index is -4.44.